The van der Waals surface area contributed by atoms with Crippen molar-refractivity contribution in [2.24, 2.45) is 0 Å². The third kappa shape index (κ3) is 1.95. The molecule has 5 heteroatoms. The van der Waals surface area contributed by atoms with Crippen LogP contribution < -0.4 is 0 Å². The molecule has 0 aliphatic carbocycles. The average molecular weight is 313 g/mol. The lowest BCUT2D eigenvalue weighted by Crippen LogP contribution is -1.65. The van der Waals surface area contributed by atoms with Crippen molar-refractivity contribution in [1.82, 2.24) is 0 Å². The van der Waals surface area contributed by atoms with E-state index in [1.165, 1.54) is 11.3 Å². The molecule has 0 saturated carbocycles. The molecule has 0 aromatic carbocycles. The lowest BCUT2D eigenvalue weighted by molar-refractivity contribution is 1.87. The second-order valence-corrected chi connectivity index (χ2v) is 6.53. The van der Waals surface area contributed by atoms with E-state index in [-0.39, 0.29) is 0 Å². The minimum Gasteiger partial charge on any atom is -0.128 e. The molecule has 0 saturated heterocycles. The van der Waals surface area contributed by atoms with E-state index in [0.29, 0.717) is 9.36 Å². The van der Waals surface area contributed by atoms with Crippen LogP contribution in [0, 0.1) is 5.38 Å². The Morgan fingerprint density at radius 3 is 2.54 bits per heavy atom. The molecular formula is C8H2BrCl2S2. The van der Waals surface area contributed by atoms with Gasteiger partial charge in [-0.3, -0.25) is 0 Å². The minimum absolute atomic E-state index is 0.598. The van der Waals surface area contributed by atoms with Crippen LogP contribution in [0.2, 0.25) is 9.36 Å². The highest BCUT2D eigenvalue weighted by Gasteiger charge is 2.11. The largest absolute Gasteiger partial charge is 0.128 e. The molecular weight excluding hydrogens is 311 g/mol. The maximum absolute atomic E-state index is 5.99. The number of halogens is 3. The molecule has 0 aliphatic heterocycles. The van der Waals surface area contributed by atoms with Crippen molar-refractivity contribution < 1.29 is 0 Å². The van der Waals surface area contributed by atoms with Crippen LogP contribution >= 0.6 is 61.8 Å². The van der Waals surface area contributed by atoms with Crippen LogP contribution in [0.15, 0.2) is 15.9 Å². The molecule has 1 radical (unpaired) electrons. The molecule has 0 aliphatic rings. The van der Waals surface area contributed by atoms with Crippen molar-refractivity contribution in [3.05, 3.63) is 30.7 Å². The monoisotopic (exact) mass is 311 g/mol. The smallest absolute Gasteiger partial charge is 0.113 e. The molecule has 0 atom stereocenters. The third-order valence-electron chi connectivity index (χ3n) is 1.45. The van der Waals surface area contributed by atoms with Crippen molar-refractivity contribution in [2.45, 2.75) is 0 Å². The zero-order valence-corrected chi connectivity index (χ0v) is 10.8. The van der Waals surface area contributed by atoms with E-state index in [1.54, 1.807) is 11.3 Å². The number of rotatable bonds is 1. The Kier molecular flexibility index (Phi) is 3.01. The quantitative estimate of drug-likeness (QED) is 0.666. The van der Waals surface area contributed by atoms with Crippen LogP contribution in [-0.4, -0.2) is 0 Å². The first kappa shape index (κ1) is 9.99. The Hall–Kier alpha value is 0.460. The van der Waals surface area contributed by atoms with Crippen LogP contribution in [0.3, 0.4) is 0 Å². The standard InChI is InChI=1S/C8H2BrCl2S2/c9-6-2-1-5(13-6)4-3-12-8(11)7(4)10/h1-2H. The van der Waals surface area contributed by atoms with E-state index in [2.05, 4.69) is 21.3 Å². The summed E-state index contributed by atoms with van der Waals surface area (Å²) in [6.45, 7) is 0. The molecule has 2 rings (SSSR count). The van der Waals surface area contributed by atoms with E-state index in [4.69, 9.17) is 23.2 Å². The van der Waals surface area contributed by atoms with Gasteiger partial charge in [0.15, 0.2) is 0 Å². The Labute approximate surface area is 102 Å². The third-order valence-corrected chi connectivity index (χ3v) is 4.79. The van der Waals surface area contributed by atoms with Crippen molar-refractivity contribution >= 4 is 61.8 Å². The fraction of sp³-hybridized carbons (Fsp3) is 0. The van der Waals surface area contributed by atoms with Gasteiger partial charge in [0.05, 0.1) is 14.2 Å². The summed E-state index contributed by atoms with van der Waals surface area (Å²) >= 11 is 18.2. The van der Waals surface area contributed by atoms with Crippen molar-refractivity contribution in [2.75, 3.05) is 0 Å². The van der Waals surface area contributed by atoms with Gasteiger partial charge >= 0.3 is 0 Å². The van der Waals surface area contributed by atoms with Crippen LogP contribution in [0.25, 0.3) is 10.4 Å². The van der Waals surface area contributed by atoms with E-state index in [1.807, 2.05) is 12.1 Å². The van der Waals surface area contributed by atoms with E-state index < -0.39 is 0 Å². The van der Waals surface area contributed by atoms with E-state index in [9.17, 15) is 0 Å². The van der Waals surface area contributed by atoms with Gasteiger partial charge in [0.2, 0.25) is 0 Å². The molecule has 0 unspecified atom stereocenters. The Balaban J connectivity index is 2.52. The summed E-state index contributed by atoms with van der Waals surface area (Å²) in [6, 6.07) is 3.98. The van der Waals surface area contributed by atoms with Crippen LogP contribution in [0.4, 0.5) is 0 Å². The Bertz CT molecular complexity index is 433. The normalized spacial score (nSPS) is 10.7. The van der Waals surface area contributed by atoms with Gasteiger partial charge in [-0.05, 0) is 28.1 Å². The summed E-state index contributed by atoms with van der Waals surface area (Å²) in [5.41, 5.74) is 0.896. The van der Waals surface area contributed by atoms with Crippen molar-refractivity contribution in [3.63, 3.8) is 0 Å². The van der Waals surface area contributed by atoms with Gasteiger partial charge in [0, 0.05) is 10.4 Å². The Morgan fingerprint density at radius 1 is 1.31 bits per heavy atom. The summed E-state index contributed by atoms with van der Waals surface area (Å²) in [5, 5.41) is 3.67. The summed E-state index contributed by atoms with van der Waals surface area (Å²) in [5.74, 6) is 0. The van der Waals surface area contributed by atoms with Gasteiger partial charge in [-0.1, -0.05) is 23.2 Å². The molecule has 0 amide bonds. The zero-order valence-electron chi connectivity index (χ0n) is 6.11. The minimum atomic E-state index is 0.598. The molecule has 0 nitrogen and oxygen atoms in total. The van der Waals surface area contributed by atoms with E-state index >= 15 is 0 Å². The lowest BCUT2D eigenvalue weighted by Gasteiger charge is -1.91. The van der Waals surface area contributed by atoms with Crippen LogP contribution in [-0.2, 0) is 0 Å². The maximum Gasteiger partial charge on any atom is 0.113 e. The predicted molar refractivity (Wildman–Crippen MR) is 64.2 cm³/mol. The number of thiophene rings is 2. The SMILES string of the molecule is Clc1s[c]c(-c2ccc(Br)s2)c1Cl. The molecule has 2 aromatic heterocycles. The molecule has 0 bridgehead atoms. The summed E-state index contributed by atoms with van der Waals surface area (Å²) in [7, 11) is 0. The summed E-state index contributed by atoms with van der Waals surface area (Å²) < 4.78 is 1.68. The van der Waals surface area contributed by atoms with Gasteiger partial charge in [-0.2, -0.15) is 0 Å². The van der Waals surface area contributed by atoms with Gasteiger partial charge in [-0.25, -0.2) is 0 Å². The first-order chi connectivity index (χ1) is 6.18. The maximum atomic E-state index is 5.99. The fourth-order valence-corrected chi connectivity index (χ4v) is 3.53. The molecule has 67 valence electrons. The van der Waals surface area contributed by atoms with Crippen LogP contribution in [0.5, 0.6) is 0 Å². The first-order valence-electron chi connectivity index (χ1n) is 3.29. The Morgan fingerprint density at radius 2 is 2.08 bits per heavy atom. The van der Waals surface area contributed by atoms with Gasteiger partial charge in [0.1, 0.15) is 4.34 Å². The van der Waals surface area contributed by atoms with Crippen LogP contribution in [0.1, 0.15) is 0 Å². The van der Waals surface area contributed by atoms with Gasteiger partial charge in [0.25, 0.3) is 0 Å². The summed E-state index contributed by atoms with van der Waals surface area (Å²) in [6.07, 6.45) is 0. The lowest BCUT2D eigenvalue weighted by atomic mass is 10.3. The van der Waals surface area contributed by atoms with Crippen molar-refractivity contribution in [3.8, 4) is 10.4 Å². The highest BCUT2D eigenvalue weighted by atomic mass is 79.9. The molecule has 0 fully saturated rings. The molecule has 0 N–H and O–H groups in total. The summed E-state index contributed by atoms with van der Waals surface area (Å²) in [4.78, 5) is 1.08. The molecule has 2 aromatic rings. The highest BCUT2D eigenvalue weighted by Crippen LogP contribution is 2.41. The average Bonchev–Trinajstić information content (AvgIpc) is 2.62. The second-order valence-electron chi connectivity index (χ2n) is 2.27. The van der Waals surface area contributed by atoms with Crippen molar-refractivity contribution in [1.29, 1.82) is 0 Å². The predicted octanol–water partition coefficient (Wildman–Crippen LogP) is 5.35. The fourth-order valence-electron chi connectivity index (χ4n) is 0.891. The topological polar surface area (TPSA) is 0 Å². The molecule has 2 heterocycles. The van der Waals surface area contributed by atoms with Gasteiger partial charge < -0.3 is 0 Å². The van der Waals surface area contributed by atoms with E-state index in [0.717, 1.165) is 14.2 Å². The number of hydrogen-bond donors (Lipinski definition) is 0. The second kappa shape index (κ2) is 3.91. The van der Waals surface area contributed by atoms with Gasteiger partial charge in [-0.15, -0.1) is 22.7 Å². The highest BCUT2D eigenvalue weighted by molar-refractivity contribution is 9.11. The molecule has 0 spiro atoms. The number of hydrogen-bond acceptors (Lipinski definition) is 2. The zero-order chi connectivity index (χ0) is 9.42. The molecule has 13 heavy (non-hydrogen) atoms. The first-order valence-corrected chi connectivity index (χ1v) is 6.48.